The Morgan fingerprint density at radius 1 is 1.22 bits per heavy atom. The number of carboxylic acids is 1. The molecule has 4 heteroatoms. The molecule has 0 radical (unpaired) electrons. The molecule has 1 N–H and O–H groups in total. The minimum absolute atomic E-state index is 0.748. The van der Waals surface area contributed by atoms with Crippen molar-refractivity contribution >= 4 is 18.0 Å². The Kier molecular flexibility index (Phi) is 5.45. The first-order valence-electron chi connectivity index (χ1n) is 9.47. The molecule has 0 amide bonds. The summed E-state index contributed by atoms with van der Waals surface area (Å²) >= 11 is 0. The summed E-state index contributed by atoms with van der Waals surface area (Å²) in [6.07, 6.45) is 9.83. The van der Waals surface area contributed by atoms with Crippen LogP contribution in [0.3, 0.4) is 0 Å². The van der Waals surface area contributed by atoms with E-state index in [1.165, 1.54) is 17.5 Å². The number of hydrogen-bond donors (Lipinski definition) is 1. The Balaban J connectivity index is 2.19. The van der Waals surface area contributed by atoms with Crippen LogP contribution in [-0.2, 0) is 17.6 Å². The van der Waals surface area contributed by atoms with E-state index >= 15 is 0 Å². The third-order valence-electron chi connectivity index (χ3n) is 4.97. The van der Waals surface area contributed by atoms with Crippen LogP contribution >= 0.6 is 0 Å². The van der Waals surface area contributed by atoms with Crippen LogP contribution in [0.1, 0.15) is 38.4 Å². The number of aromatic nitrogens is 1. The van der Waals surface area contributed by atoms with Gasteiger partial charge in [0.2, 0.25) is 0 Å². The summed E-state index contributed by atoms with van der Waals surface area (Å²) in [4.78, 5) is 16.2. The van der Waals surface area contributed by atoms with Crippen molar-refractivity contribution in [1.82, 2.24) is 4.57 Å². The number of nitrogens with zero attached hydrogens (tertiary/aromatic N) is 2. The number of allylic oxidation sites excluding steroid dienone is 2. The van der Waals surface area contributed by atoms with Gasteiger partial charge in [0.25, 0.3) is 0 Å². The third-order valence-corrected chi connectivity index (χ3v) is 4.97. The van der Waals surface area contributed by atoms with E-state index in [4.69, 9.17) is 0 Å². The lowest BCUT2D eigenvalue weighted by atomic mass is 9.92. The molecule has 2 heterocycles. The highest BCUT2D eigenvalue weighted by molar-refractivity contribution is 5.97. The maximum atomic E-state index is 11.6. The lowest BCUT2D eigenvalue weighted by Gasteiger charge is -2.16. The van der Waals surface area contributed by atoms with E-state index in [9.17, 15) is 9.90 Å². The molecular formula is C23H26N2O2. The third kappa shape index (κ3) is 3.65. The topological polar surface area (TPSA) is 54.6 Å². The normalized spacial score (nSPS) is 19.0. The number of aryl methyl sites for hydroxylation is 1. The lowest BCUT2D eigenvalue weighted by molar-refractivity contribution is -0.141. The second-order valence-electron chi connectivity index (χ2n) is 7.04. The number of rotatable bonds is 6. The summed E-state index contributed by atoms with van der Waals surface area (Å²) in [5, 5.41) is 9.52. The molecule has 2 aromatic rings. The molecule has 0 saturated heterocycles. The zero-order valence-electron chi connectivity index (χ0n) is 16.1. The van der Waals surface area contributed by atoms with Crippen molar-refractivity contribution in [2.75, 3.05) is 0 Å². The van der Waals surface area contributed by atoms with Crippen molar-refractivity contribution in [3.63, 3.8) is 0 Å². The summed E-state index contributed by atoms with van der Waals surface area (Å²) in [6.45, 7) is 6.00. The van der Waals surface area contributed by atoms with E-state index in [2.05, 4.69) is 41.6 Å². The Morgan fingerprint density at radius 2 is 1.96 bits per heavy atom. The quantitative estimate of drug-likeness (QED) is 0.768. The molecule has 1 aliphatic heterocycles. The number of hydrogen-bond acceptors (Lipinski definition) is 2. The maximum Gasteiger partial charge on any atom is 0.318 e. The molecule has 1 aromatic heterocycles. The molecule has 1 unspecified atom stereocenters. The zero-order valence-corrected chi connectivity index (χ0v) is 16.1. The van der Waals surface area contributed by atoms with Crippen LogP contribution in [0, 0.1) is 5.41 Å². The number of carboxylic acid groups (broad SMARTS) is 1. The van der Waals surface area contributed by atoms with Gasteiger partial charge < -0.3 is 5.11 Å². The molecule has 4 nitrogen and oxygen atoms in total. The van der Waals surface area contributed by atoms with Crippen molar-refractivity contribution in [2.45, 2.75) is 40.0 Å². The Labute approximate surface area is 160 Å². The zero-order chi connectivity index (χ0) is 19.4. The Hall–Kier alpha value is -2.88. The first-order valence-corrected chi connectivity index (χ1v) is 9.47. The minimum atomic E-state index is -1.10. The van der Waals surface area contributed by atoms with Gasteiger partial charge in [-0.15, -0.1) is 0 Å². The van der Waals surface area contributed by atoms with Gasteiger partial charge in [-0.05, 0) is 43.0 Å². The molecule has 140 valence electrons. The first-order chi connectivity index (χ1) is 13.0. The summed E-state index contributed by atoms with van der Waals surface area (Å²) in [6, 6.07) is 12.5. The molecule has 27 heavy (non-hydrogen) atoms. The molecule has 1 aliphatic rings. The van der Waals surface area contributed by atoms with Gasteiger partial charge in [-0.25, -0.2) is 4.99 Å². The molecule has 1 atom stereocenters. The highest BCUT2D eigenvalue weighted by Gasteiger charge is 2.29. The second kappa shape index (κ2) is 7.78. The maximum absolute atomic E-state index is 11.6. The molecule has 1 aromatic carbocycles. The van der Waals surface area contributed by atoms with Crippen LogP contribution in [0.2, 0.25) is 0 Å². The number of carbonyl (C=O) groups is 1. The van der Waals surface area contributed by atoms with Gasteiger partial charge in [-0.3, -0.25) is 9.36 Å². The second-order valence-corrected chi connectivity index (χ2v) is 7.04. The van der Waals surface area contributed by atoms with Crippen molar-refractivity contribution in [3.05, 3.63) is 65.9 Å². The van der Waals surface area contributed by atoms with Gasteiger partial charge in [0.05, 0.1) is 5.69 Å². The van der Waals surface area contributed by atoms with Crippen LogP contribution in [0.25, 0.3) is 17.1 Å². The molecule has 0 spiro atoms. The highest BCUT2D eigenvalue weighted by atomic mass is 16.4. The van der Waals surface area contributed by atoms with E-state index in [0.29, 0.717) is 0 Å². The Bertz CT molecular complexity index is 919. The van der Waals surface area contributed by atoms with Gasteiger partial charge >= 0.3 is 5.97 Å². The molecule has 0 fully saturated rings. The van der Waals surface area contributed by atoms with Gasteiger partial charge in [-0.2, -0.15) is 0 Å². The van der Waals surface area contributed by atoms with E-state index in [1.807, 2.05) is 24.3 Å². The predicted octanol–water partition coefficient (Wildman–Crippen LogP) is 5.20. The monoisotopic (exact) mass is 362 g/mol. The van der Waals surface area contributed by atoms with Crippen LogP contribution in [0.4, 0.5) is 0 Å². The Morgan fingerprint density at radius 3 is 2.59 bits per heavy atom. The van der Waals surface area contributed by atoms with Crippen LogP contribution in [0.5, 0.6) is 0 Å². The number of aliphatic carboxylic acids is 1. The summed E-state index contributed by atoms with van der Waals surface area (Å²) < 4.78 is 2.19. The smallest absolute Gasteiger partial charge is 0.318 e. The fourth-order valence-electron chi connectivity index (χ4n) is 3.38. The van der Waals surface area contributed by atoms with E-state index in [-0.39, 0.29) is 0 Å². The van der Waals surface area contributed by atoms with Crippen LogP contribution in [-0.4, -0.2) is 21.9 Å². The van der Waals surface area contributed by atoms with Crippen molar-refractivity contribution < 1.29 is 9.90 Å². The summed E-state index contributed by atoms with van der Waals surface area (Å²) in [5.74, 6) is -0.158. The molecule has 0 bridgehead atoms. The highest BCUT2D eigenvalue weighted by Crippen LogP contribution is 2.32. The predicted molar refractivity (Wildman–Crippen MR) is 111 cm³/mol. The molecular weight excluding hydrogens is 336 g/mol. The largest absolute Gasteiger partial charge is 0.480 e. The van der Waals surface area contributed by atoms with Gasteiger partial charge in [-0.1, -0.05) is 62.8 Å². The van der Waals surface area contributed by atoms with E-state index in [0.717, 1.165) is 36.3 Å². The number of benzene rings is 1. The average Bonchev–Trinajstić information content (AvgIpc) is 2.91. The van der Waals surface area contributed by atoms with Crippen molar-refractivity contribution in [2.24, 2.45) is 10.4 Å². The summed E-state index contributed by atoms with van der Waals surface area (Å²) in [7, 11) is 0. The molecule has 0 saturated carbocycles. The number of aliphatic imine (C=N–C) groups is 1. The van der Waals surface area contributed by atoms with Gasteiger partial charge in [0.1, 0.15) is 11.2 Å². The minimum Gasteiger partial charge on any atom is -0.480 e. The lowest BCUT2D eigenvalue weighted by Crippen LogP contribution is -2.26. The van der Waals surface area contributed by atoms with Crippen molar-refractivity contribution in [3.8, 4) is 11.3 Å². The van der Waals surface area contributed by atoms with Crippen molar-refractivity contribution in [1.29, 1.82) is 0 Å². The van der Waals surface area contributed by atoms with Crippen LogP contribution in [0.15, 0.2) is 59.6 Å². The summed E-state index contributed by atoms with van der Waals surface area (Å²) in [5.41, 5.74) is 3.67. The van der Waals surface area contributed by atoms with Crippen LogP contribution < -0.4 is 0 Å². The molecule has 0 aliphatic carbocycles. The average molecular weight is 362 g/mol. The van der Waals surface area contributed by atoms with E-state index in [1.54, 1.807) is 19.1 Å². The SMILES string of the molecule is CCCc1c(CC)cc(-c2ccccc2)n1C1=CC=CC(C)(C(=O)O)C=N1. The first kappa shape index (κ1) is 18.9. The standard InChI is InChI=1S/C23H26N2O2/c1-4-10-19-17(5-2)15-20(18-11-7-6-8-12-18)25(19)21-13-9-14-23(3,16-24-21)22(26)27/h6-9,11-16H,4-5,10H2,1-3H3,(H,26,27). The van der Waals surface area contributed by atoms with E-state index < -0.39 is 11.4 Å². The fraction of sp³-hybridized carbons (Fsp3) is 0.304. The van der Waals surface area contributed by atoms with Gasteiger partial charge in [0.15, 0.2) is 0 Å². The van der Waals surface area contributed by atoms with Gasteiger partial charge in [0, 0.05) is 11.9 Å². The fourth-order valence-corrected chi connectivity index (χ4v) is 3.38. The molecule has 3 rings (SSSR count).